The minimum absolute atomic E-state index is 0.195. The topological polar surface area (TPSA) is 61.1 Å². The maximum absolute atomic E-state index is 10.8. The molecule has 0 fully saturated rings. The van der Waals surface area contributed by atoms with E-state index < -0.39 is 5.97 Å². The first-order chi connectivity index (χ1) is 7.69. The van der Waals surface area contributed by atoms with Gasteiger partial charge < -0.3 is 5.11 Å². The van der Waals surface area contributed by atoms with E-state index in [2.05, 4.69) is 13.0 Å². The first-order valence-corrected chi connectivity index (χ1v) is 5.42. The highest BCUT2D eigenvalue weighted by Crippen LogP contribution is 2.22. The third kappa shape index (κ3) is 3.09. The van der Waals surface area contributed by atoms with E-state index in [1.54, 1.807) is 18.2 Å². The summed E-state index contributed by atoms with van der Waals surface area (Å²) in [5.41, 5.74) is 1.05. The summed E-state index contributed by atoms with van der Waals surface area (Å²) >= 11 is 0. The monoisotopic (exact) mass is 217 g/mol. The van der Waals surface area contributed by atoms with Crippen LogP contribution in [-0.4, -0.2) is 11.1 Å². The van der Waals surface area contributed by atoms with E-state index in [0.717, 1.165) is 24.8 Å². The van der Waals surface area contributed by atoms with Gasteiger partial charge in [-0.05, 0) is 24.1 Å². The van der Waals surface area contributed by atoms with Crippen LogP contribution in [0.4, 0.5) is 0 Å². The largest absolute Gasteiger partial charge is 0.478 e. The lowest BCUT2D eigenvalue weighted by Crippen LogP contribution is -2.00. The van der Waals surface area contributed by atoms with Crippen molar-refractivity contribution in [1.82, 2.24) is 0 Å². The Balaban J connectivity index is 2.89. The van der Waals surface area contributed by atoms with Gasteiger partial charge >= 0.3 is 5.97 Å². The zero-order chi connectivity index (χ0) is 12.0. The summed E-state index contributed by atoms with van der Waals surface area (Å²) in [4.78, 5) is 10.8. The minimum atomic E-state index is -0.950. The number of hydrogen-bond acceptors (Lipinski definition) is 2. The van der Waals surface area contributed by atoms with Gasteiger partial charge in [-0.2, -0.15) is 5.26 Å². The van der Waals surface area contributed by atoms with Gasteiger partial charge in [0.05, 0.1) is 17.6 Å². The summed E-state index contributed by atoms with van der Waals surface area (Å²) < 4.78 is 0. The van der Waals surface area contributed by atoms with E-state index in [1.165, 1.54) is 0 Å². The van der Waals surface area contributed by atoms with Gasteiger partial charge in [-0.3, -0.25) is 0 Å². The molecule has 1 N–H and O–H groups in total. The number of carbonyl (C=O) groups is 1. The first kappa shape index (κ1) is 12.3. The maximum atomic E-state index is 10.8. The average Bonchev–Trinajstić information content (AvgIpc) is 2.30. The quantitative estimate of drug-likeness (QED) is 0.823. The molecule has 16 heavy (non-hydrogen) atoms. The second-order valence-electron chi connectivity index (χ2n) is 3.75. The summed E-state index contributed by atoms with van der Waals surface area (Å²) in [6.07, 6.45) is 2.81. The number of carboxylic acids is 1. The van der Waals surface area contributed by atoms with E-state index in [9.17, 15) is 4.79 Å². The Labute approximate surface area is 95.3 Å². The van der Waals surface area contributed by atoms with Crippen LogP contribution in [0.1, 0.15) is 48.0 Å². The fraction of sp³-hybridized carbons (Fsp3) is 0.385. The fourth-order valence-corrected chi connectivity index (χ4v) is 1.60. The molecule has 1 atom stereocenters. The molecule has 0 radical (unpaired) electrons. The Kier molecular flexibility index (Phi) is 4.53. The third-order valence-corrected chi connectivity index (χ3v) is 2.54. The lowest BCUT2D eigenvalue weighted by atomic mass is 9.94. The number of aromatic carboxylic acids is 1. The highest BCUT2D eigenvalue weighted by atomic mass is 16.4. The Morgan fingerprint density at radius 3 is 2.88 bits per heavy atom. The smallest absolute Gasteiger partial charge is 0.335 e. The van der Waals surface area contributed by atoms with Gasteiger partial charge in [0.2, 0.25) is 0 Å². The molecule has 3 nitrogen and oxygen atoms in total. The Morgan fingerprint density at radius 1 is 1.56 bits per heavy atom. The summed E-state index contributed by atoms with van der Waals surface area (Å²) in [6, 6.07) is 8.86. The number of unbranched alkanes of at least 4 members (excludes halogenated alkanes) is 1. The van der Waals surface area contributed by atoms with Crippen molar-refractivity contribution in [3.8, 4) is 6.07 Å². The van der Waals surface area contributed by atoms with Gasteiger partial charge in [0.25, 0.3) is 0 Å². The predicted octanol–water partition coefficient (Wildman–Crippen LogP) is 3.18. The summed E-state index contributed by atoms with van der Waals surface area (Å²) in [5, 5.41) is 17.9. The highest BCUT2D eigenvalue weighted by Gasteiger charge is 2.12. The number of nitrogens with zero attached hydrogens (tertiary/aromatic N) is 1. The molecular weight excluding hydrogens is 202 g/mol. The Hall–Kier alpha value is -1.82. The number of hydrogen-bond donors (Lipinski definition) is 1. The van der Waals surface area contributed by atoms with Crippen molar-refractivity contribution in [3.63, 3.8) is 0 Å². The lowest BCUT2D eigenvalue weighted by Gasteiger charge is -2.09. The van der Waals surface area contributed by atoms with Crippen molar-refractivity contribution in [2.75, 3.05) is 0 Å². The van der Waals surface area contributed by atoms with Crippen LogP contribution in [0.5, 0.6) is 0 Å². The zero-order valence-corrected chi connectivity index (χ0v) is 9.31. The van der Waals surface area contributed by atoms with Gasteiger partial charge in [-0.1, -0.05) is 31.9 Å². The molecule has 0 heterocycles. The van der Waals surface area contributed by atoms with Crippen molar-refractivity contribution in [3.05, 3.63) is 35.4 Å². The summed E-state index contributed by atoms with van der Waals surface area (Å²) in [6.45, 7) is 2.07. The van der Waals surface area contributed by atoms with Crippen LogP contribution in [-0.2, 0) is 0 Å². The number of carboxylic acid groups (broad SMARTS) is 1. The molecule has 1 aromatic carbocycles. The zero-order valence-electron chi connectivity index (χ0n) is 9.31. The molecule has 3 heteroatoms. The van der Waals surface area contributed by atoms with Gasteiger partial charge in [-0.15, -0.1) is 0 Å². The normalized spacial score (nSPS) is 11.8. The van der Waals surface area contributed by atoms with Gasteiger partial charge in [-0.25, -0.2) is 4.79 Å². The van der Waals surface area contributed by atoms with Crippen molar-refractivity contribution < 1.29 is 9.90 Å². The Bertz CT molecular complexity index is 407. The molecule has 1 aromatic rings. The van der Waals surface area contributed by atoms with E-state index in [4.69, 9.17) is 10.4 Å². The number of rotatable bonds is 5. The van der Waals surface area contributed by atoms with E-state index in [-0.39, 0.29) is 11.5 Å². The van der Waals surface area contributed by atoms with Crippen LogP contribution >= 0.6 is 0 Å². The fourth-order valence-electron chi connectivity index (χ4n) is 1.60. The highest BCUT2D eigenvalue weighted by molar-refractivity contribution is 5.87. The van der Waals surface area contributed by atoms with Gasteiger partial charge in [0.1, 0.15) is 0 Å². The second-order valence-corrected chi connectivity index (χ2v) is 3.75. The molecule has 0 spiro atoms. The summed E-state index contributed by atoms with van der Waals surface area (Å²) in [5.74, 6) is -1.15. The molecule has 0 bridgehead atoms. The molecule has 0 saturated heterocycles. The van der Waals surface area contributed by atoms with E-state index >= 15 is 0 Å². The molecular formula is C13H15NO2. The van der Waals surface area contributed by atoms with Crippen LogP contribution in [0, 0.1) is 11.3 Å². The molecule has 0 aliphatic heterocycles. The number of nitriles is 1. The molecule has 1 rings (SSSR count). The van der Waals surface area contributed by atoms with Crippen molar-refractivity contribution in [2.24, 2.45) is 0 Å². The lowest BCUT2D eigenvalue weighted by molar-refractivity contribution is 0.0696. The van der Waals surface area contributed by atoms with Crippen LogP contribution in [0.2, 0.25) is 0 Å². The molecule has 0 aliphatic carbocycles. The van der Waals surface area contributed by atoms with E-state index in [1.807, 2.05) is 6.07 Å². The third-order valence-electron chi connectivity index (χ3n) is 2.54. The number of benzene rings is 1. The van der Waals surface area contributed by atoms with Crippen molar-refractivity contribution in [2.45, 2.75) is 32.1 Å². The maximum Gasteiger partial charge on any atom is 0.335 e. The first-order valence-electron chi connectivity index (χ1n) is 5.42. The van der Waals surface area contributed by atoms with Crippen LogP contribution < -0.4 is 0 Å². The predicted molar refractivity (Wildman–Crippen MR) is 61.3 cm³/mol. The van der Waals surface area contributed by atoms with E-state index in [0.29, 0.717) is 0 Å². The van der Waals surface area contributed by atoms with Crippen molar-refractivity contribution >= 4 is 5.97 Å². The summed E-state index contributed by atoms with van der Waals surface area (Å²) in [7, 11) is 0. The molecule has 0 amide bonds. The SMILES string of the molecule is CCCCC(C#N)c1cccc(C(=O)O)c1. The second kappa shape index (κ2) is 5.92. The van der Waals surface area contributed by atoms with Crippen molar-refractivity contribution in [1.29, 1.82) is 5.26 Å². The Morgan fingerprint density at radius 2 is 2.31 bits per heavy atom. The molecule has 84 valence electrons. The van der Waals surface area contributed by atoms with Crippen LogP contribution in [0.25, 0.3) is 0 Å². The van der Waals surface area contributed by atoms with Gasteiger partial charge in [0.15, 0.2) is 0 Å². The molecule has 0 saturated carbocycles. The van der Waals surface area contributed by atoms with Crippen LogP contribution in [0.15, 0.2) is 24.3 Å². The standard InChI is InChI=1S/C13H15NO2/c1-2-3-5-12(9-14)10-6-4-7-11(8-10)13(15)16/h4,6-8,12H,2-3,5H2,1H3,(H,15,16). The van der Waals surface area contributed by atoms with Crippen LogP contribution in [0.3, 0.4) is 0 Å². The molecule has 0 aromatic heterocycles. The molecule has 0 aliphatic rings. The van der Waals surface area contributed by atoms with Gasteiger partial charge in [0, 0.05) is 0 Å². The molecule has 1 unspecified atom stereocenters. The average molecular weight is 217 g/mol. The minimum Gasteiger partial charge on any atom is -0.478 e.